The minimum Gasteiger partial charge on any atom is -0.481 e. The van der Waals surface area contributed by atoms with Gasteiger partial charge in [0.05, 0.1) is 5.92 Å². The Morgan fingerprint density at radius 2 is 2.00 bits per heavy atom. The van der Waals surface area contributed by atoms with Crippen LogP contribution in [0.5, 0.6) is 0 Å². The predicted octanol–water partition coefficient (Wildman–Crippen LogP) is 2.17. The van der Waals surface area contributed by atoms with Gasteiger partial charge in [-0.15, -0.1) is 0 Å². The van der Waals surface area contributed by atoms with Crippen molar-refractivity contribution >= 4 is 23.8 Å². The van der Waals surface area contributed by atoms with E-state index in [-0.39, 0.29) is 24.0 Å². The molecule has 4 atom stereocenters. The average Bonchev–Trinajstić information content (AvgIpc) is 2.85. The fraction of sp³-hybridized carbons (Fsp3) is 0.857. The van der Waals surface area contributed by atoms with Gasteiger partial charge >= 0.3 is 12.0 Å². The van der Waals surface area contributed by atoms with E-state index < -0.39 is 5.97 Å². The zero-order valence-electron chi connectivity index (χ0n) is 12.2. The molecule has 2 rings (SSSR count). The lowest BCUT2D eigenvalue weighted by atomic mass is 9.92. The summed E-state index contributed by atoms with van der Waals surface area (Å²) >= 11 is 1.87. The summed E-state index contributed by atoms with van der Waals surface area (Å²) in [5, 5.41) is 12.8. The summed E-state index contributed by atoms with van der Waals surface area (Å²) in [7, 11) is 0. The number of nitrogens with one attached hydrogen (secondary N) is 1. The molecule has 6 heteroatoms. The maximum absolute atomic E-state index is 12.3. The minimum absolute atomic E-state index is 0.00241. The minimum atomic E-state index is -0.740. The van der Waals surface area contributed by atoms with Gasteiger partial charge in [0, 0.05) is 23.9 Å². The first kappa shape index (κ1) is 15.5. The number of amides is 2. The van der Waals surface area contributed by atoms with E-state index in [2.05, 4.69) is 11.6 Å². The molecule has 2 aliphatic rings. The number of hydrogen-bond donors (Lipinski definition) is 2. The number of rotatable bonds is 3. The van der Waals surface area contributed by atoms with Gasteiger partial charge in [-0.1, -0.05) is 0 Å². The van der Waals surface area contributed by atoms with Crippen LogP contribution in [0.2, 0.25) is 0 Å². The molecule has 0 aromatic carbocycles. The summed E-state index contributed by atoms with van der Waals surface area (Å²) in [6.45, 7) is 2.48. The van der Waals surface area contributed by atoms with E-state index >= 15 is 0 Å². The first-order valence-electron chi connectivity index (χ1n) is 7.34. The van der Waals surface area contributed by atoms with E-state index in [1.54, 1.807) is 4.90 Å². The highest BCUT2D eigenvalue weighted by atomic mass is 32.2. The third kappa shape index (κ3) is 3.59. The summed E-state index contributed by atoms with van der Waals surface area (Å²) in [4.78, 5) is 25.1. The molecule has 2 amide bonds. The van der Waals surface area contributed by atoms with Crippen LogP contribution < -0.4 is 5.32 Å². The van der Waals surface area contributed by atoms with Crippen LogP contribution in [-0.2, 0) is 4.79 Å². The highest BCUT2D eigenvalue weighted by Gasteiger charge is 2.34. The normalized spacial score (nSPS) is 34.0. The van der Waals surface area contributed by atoms with Crippen molar-refractivity contribution in [2.45, 2.75) is 56.4 Å². The molecule has 2 N–H and O–H groups in total. The maximum atomic E-state index is 12.3. The molecule has 0 radical (unpaired) electrons. The van der Waals surface area contributed by atoms with Crippen molar-refractivity contribution in [1.29, 1.82) is 0 Å². The molecule has 1 heterocycles. The van der Waals surface area contributed by atoms with Gasteiger partial charge < -0.3 is 15.3 Å². The van der Waals surface area contributed by atoms with E-state index in [9.17, 15) is 9.59 Å². The Bertz CT molecular complexity index is 377. The Hall–Kier alpha value is -0.910. The van der Waals surface area contributed by atoms with E-state index in [0.29, 0.717) is 24.6 Å². The van der Waals surface area contributed by atoms with Crippen LogP contribution in [-0.4, -0.2) is 52.1 Å². The van der Waals surface area contributed by atoms with E-state index in [1.165, 1.54) is 6.42 Å². The molecule has 114 valence electrons. The maximum Gasteiger partial charge on any atom is 0.317 e. The molecule has 0 spiro atoms. The van der Waals surface area contributed by atoms with Gasteiger partial charge in [0.1, 0.15) is 0 Å². The van der Waals surface area contributed by atoms with Gasteiger partial charge in [0.25, 0.3) is 0 Å². The Morgan fingerprint density at radius 1 is 1.25 bits per heavy atom. The van der Waals surface area contributed by atoms with Gasteiger partial charge in [0.2, 0.25) is 0 Å². The molecule has 1 aliphatic heterocycles. The van der Waals surface area contributed by atoms with Crippen LogP contribution >= 0.6 is 11.8 Å². The lowest BCUT2D eigenvalue weighted by Gasteiger charge is -2.36. The zero-order chi connectivity index (χ0) is 14.7. The Labute approximate surface area is 124 Å². The molecule has 2 fully saturated rings. The van der Waals surface area contributed by atoms with Crippen LogP contribution in [0.1, 0.15) is 39.0 Å². The molecular formula is C14H24N2O3S. The zero-order valence-corrected chi connectivity index (χ0v) is 13.0. The smallest absolute Gasteiger partial charge is 0.317 e. The number of carboxylic acids is 1. The Balaban J connectivity index is 1.83. The molecule has 20 heavy (non-hydrogen) atoms. The number of aliphatic carboxylic acids is 1. The number of carbonyl (C=O) groups is 2. The van der Waals surface area contributed by atoms with E-state index in [4.69, 9.17) is 5.11 Å². The highest BCUT2D eigenvalue weighted by molar-refractivity contribution is 7.99. The molecule has 0 bridgehead atoms. The lowest BCUT2D eigenvalue weighted by Crippen LogP contribution is -2.52. The van der Waals surface area contributed by atoms with Crippen molar-refractivity contribution in [2.24, 2.45) is 5.92 Å². The van der Waals surface area contributed by atoms with Gasteiger partial charge in [-0.05, 0) is 45.3 Å². The lowest BCUT2D eigenvalue weighted by molar-refractivity contribution is -0.143. The Morgan fingerprint density at radius 3 is 2.55 bits per heavy atom. The summed E-state index contributed by atoms with van der Waals surface area (Å²) in [5.74, 6) is -1.04. The quantitative estimate of drug-likeness (QED) is 0.838. The number of carbonyl (C=O) groups excluding carboxylic acids is 1. The molecule has 5 nitrogen and oxygen atoms in total. The highest BCUT2D eigenvalue weighted by Crippen LogP contribution is 2.29. The van der Waals surface area contributed by atoms with Crippen molar-refractivity contribution in [3.05, 3.63) is 0 Å². The summed E-state index contributed by atoms with van der Waals surface area (Å²) < 4.78 is 0. The van der Waals surface area contributed by atoms with Crippen molar-refractivity contribution < 1.29 is 14.7 Å². The molecule has 4 unspecified atom stereocenters. The van der Waals surface area contributed by atoms with Crippen LogP contribution in [0.4, 0.5) is 4.79 Å². The van der Waals surface area contributed by atoms with Crippen LogP contribution in [0.25, 0.3) is 0 Å². The molecule has 1 saturated heterocycles. The first-order chi connectivity index (χ1) is 9.51. The number of thioether (sulfide) groups is 1. The molecule has 0 aromatic rings. The predicted molar refractivity (Wildman–Crippen MR) is 80.0 cm³/mol. The van der Waals surface area contributed by atoms with Crippen molar-refractivity contribution in [2.75, 3.05) is 12.8 Å². The number of likely N-dealkylation sites (tertiary alicyclic amines) is 1. The van der Waals surface area contributed by atoms with Crippen LogP contribution in [0.15, 0.2) is 0 Å². The third-order valence-corrected chi connectivity index (χ3v) is 5.63. The average molecular weight is 300 g/mol. The Kier molecular flexibility index (Phi) is 5.18. The summed E-state index contributed by atoms with van der Waals surface area (Å²) in [6.07, 6.45) is 6.51. The fourth-order valence-corrected chi connectivity index (χ4v) is 4.04. The second-order valence-electron chi connectivity index (χ2n) is 5.92. The van der Waals surface area contributed by atoms with Crippen LogP contribution in [0, 0.1) is 5.92 Å². The largest absolute Gasteiger partial charge is 0.481 e. The summed E-state index contributed by atoms with van der Waals surface area (Å²) in [5.41, 5.74) is 0. The standard InChI is InChI=1S/C14H24N2O3S/c1-9-7-10(13(17)18)5-6-16(9)14(19)15-11-3-4-12(8-11)20-2/h9-12H,3-8H2,1-2H3,(H,15,19)(H,17,18). The number of piperidine rings is 1. The third-order valence-electron chi connectivity index (χ3n) is 4.53. The van der Waals surface area contributed by atoms with E-state index in [0.717, 1.165) is 12.8 Å². The van der Waals surface area contributed by atoms with Crippen molar-refractivity contribution in [3.8, 4) is 0 Å². The second-order valence-corrected chi connectivity index (χ2v) is 7.06. The molecule has 1 saturated carbocycles. The second kappa shape index (κ2) is 6.70. The van der Waals surface area contributed by atoms with Gasteiger partial charge in [-0.2, -0.15) is 11.8 Å². The van der Waals surface area contributed by atoms with E-state index in [1.807, 2.05) is 18.7 Å². The molecule has 0 aromatic heterocycles. The monoisotopic (exact) mass is 300 g/mol. The van der Waals surface area contributed by atoms with Gasteiger partial charge in [-0.3, -0.25) is 4.79 Å². The number of hydrogen-bond acceptors (Lipinski definition) is 3. The van der Waals surface area contributed by atoms with Gasteiger partial charge in [0.15, 0.2) is 0 Å². The summed E-state index contributed by atoms with van der Waals surface area (Å²) in [6, 6.07) is 0.264. The number of urea groups is 1. The number of carboxylic acid groups (broad SMARTS) is 1. The molecule has 1 aliphatic carbocycles. The van der Waals surface area contributed by atoms with Gasteiger partial charge in [-0.25, -0.2) is 4.79 Å². The topological polar surface area (TPSA) is 69.6 Å². The van der Waals surface area contributed by atoms with Crippen LogP contribution in [0.3, 0.4) is 0 Å². The van der Waals surface area contributed by atoms with Crippen molar-refractivity contribution in [1.82, 2.24) is 10.2 Å². The SMILES string of the molecule is CSC1CCC(NC(=O)N2CCC(C(=O)O)CC2C)C1. The number of nitrogens with zero attached hydrogens (tertiary/aromatic N) is 1. The fourth-order valence-electron chi connectivity index (χ4n) is 3.24. The molecular weight excluding hydrogens is 276 g/mol. The van der Waals surface area contributed by atoms with Crippen molar-refractivity contribution in [3.63, 3.8) is 0 Å². The first-order valence-corrected chi connectivity index (χ1v) is 8.62.